The van der Waals surface area contributed by atoms with E-state index in [0.29, 0.717) is 5.92 Å². The molecule has 1 saturated heterocycles. The van der Waals surface area contributed by atoms with E-state index in [0.717, 1.165) is 12.0 Å². The van der Waals surface area contributed by atoms with Crippen molar-refractivity contribution in [2.24, 2.45) is 5.92 Å². The Balaban J connectivity index is 1.70. The molecule has 6 nitrogen and oxygen atoms in total. The molecule has 0 spiro atoms. The van der Waals surface area contributed by atoms with E-state index >= 15 is 0 Å². The number of nitrogens with zero attached hydrogens (tertiary/aromatic N) is 2. The van der Waals surface area contributed by atoms with Crippen molar-refractivity contribution in [3.8, 4) is 0 Å². The van der Waals surface area contributed by atoms with Gasteiger partial charge in [0.15, 0.2) is 0 Å². The third-order valence-corrected chi connectivity index (χ3v) is 8.61. The molecule has 152 valence electrons. The Bertz CT molecular complexity index is 994. The Morgan fingerprint density at radius 1 is 0.714 bits per heavy atom. The Morgan fingerprint density at radius 3 is 1.57 bits per heavy atom. The largest absolute Gasteiger partial charge is 0.243 e. The number of hydrogen-bond donors (Lipinski definition) is 0. The summed E-state index contributed by atoms with van der Waals surface area (Å²) in [6.07, 6.45) is 0.899. The summed E-state index contributed by atoms with van der Waals surface area (Å²) >= 11 is 0. The van der Waals surface area contributed by atoms with Crippen molar-refractivity contribution in [2.75, 3.05) is 26.2 Å². The van der Waals surface area contributed by atoms with E-state index in [1.807, 2.05) is 12.1 Å². The van der Waals surface area contributed by atoms with Crippen LogP contribution in [0.15, 0.2) is 64.4 Å². The molecule has 0 radical (unpaired) electrons. The number of benzene rings is 2. The van der Waals surface area contributed by atoms with Crippen molar-refractivity contribution < 1.29 is 16.8 Å². The fourth-order valence-electron chi connectivity index (χ4n) is 3.31. The van der Waals surface area contributed by atoms with Gasteiger partial charge in [-0.05, 0) is 42.2 Å². The normalized spacial score (nSPS) is 17.1. The predicted octanol–water partition coefficient (Wildman–Crippen LogP) is 2.58. The molecule has 0 aliphatic carbocycles. The molecule has 0 saturated carbocycles. The summed E-state index contributed by atoms with van der Waals surface area (Å²) in [6, 6.07) is 15.2. The Labute approximate surface area is 167 Å². The van der Waals surface area contributed by atoms with Crippen LogP contribution in [0.2, 0.25) is 0 Å². The monoisotopic (exact) mass is 422 g/mol. The SMILES string of the molecule is CC(C)Cc1ccc(S(=O)(=O)N2CCN(S(=O)(=O)c3ccccc3)CC2)cc1. The minimum absolute atomic E-state index is 0.141. The zero-order chi connectivity index (χ0) is 20.4. The van der Waals surface area contributed by atoms with Gasteiger partial charge >= 0.3 is 0 Å². The zero-order valence-corrected chi connectivity index (χ0v) is 17.8. The molecule has 1 aliphatic heterocycles. The van der Waals surface area contributed by atoms with Gasteiger partial charge < -0.3 is 0 Å². The van der Waals surface area contributed by atoms with Crippen LogP contribution in [0.25, 0.3) is 0 Å². The Morgan fingerprint density at radius 2 is 1.14 bits per heavy atom. The average molecular weight is 423 g/mol. The minimum Gasteiger partial charge on any atom is -0.207 e. The van der Waals surface area contributed by atoms with Gasteiger partial charge in [-0.3, -0.25) is 0 Å². The molecule has 0 N–H and O–H groups in total. The molecule has 2 aromatic carbocycles. The summed E-state index contributed by atoms with van der Waals surface area (Å²) in [7, 11) is -7.23. The summed E-state index contributed by atoms with van der Waals surface area (Å²) in [5, 5.41) is 0. The maximum absolute atomic E-state index is 12.9. The van der Waals surface area contributed by atoms with Gasteiger partial charge in [0.25, 0.3) is 0 Å². The molecule has 0 atom stereocenters. The van der Waals surface area contributed by atoms with E-state index in [9.17, 15) is 16.8 Å². The van der Waals surface area contributed by atoms with Crippen LogP contribution in [0.4, 0.5) is 0 Å². The van der Waals surface area contributed by atoms with Crippen molar-refractivity contribution in [1.82, 2.24) is 8.61 Å². The van der Waals surface area contributed by atoms with E-state index in [1.54, 1.807) is 42.5 Å². The molecule has 1 fully saturated rings. The average Bonchev–Trinajstić information content (AvgIpc) is 2.69. The van der Waals surface area contributed by atoms with Gasteiger partial charge in [-0.1, -0.05) is 44.2 Å². The Hall–Kier alpha value is -1.74. The molecule has 0 unspecified atom stereocenters. The van der Waals surface area contributed by atoms with Crippen LogP contribution in [0.5, 0.6) is 0 Å². The van der Waals surface area contributed by atoms with Crippen molar-refractivity contribution in [3.63, 3.8) is 0 Å². The van der Waals surface area contributed by atoms with Gasteiger partial charge in [0.2, 0.25) is 20.0 Å². The van der Waals surface area contributed by atoms with Crippen LogP contribution in [0.3, 0.4) is 0 Å². The van der Waals surface area contributed by atoms with Crippen LogP contribution in [0, 0.1) is 5.92 Å². The lowest BCUT2D eigenvalue weighted by molar-refractivity contribution is 0.273. The molecule has 1 heterocycles. The lowest BCUT2D eigenvalue weighted by atomic mass is 10.0. The predicted molar refractivity (Wildman–Crippen MR) is 109 cm³/mol. The highest BCUT2D eigenvalue weighted by molar-refractivity contribution is 7.89. The third-order valence-electron chi connectivity index (χ3n) is 4.78. The van der Waals surface area contributed by atoms with Crippen LogP contribution < -0.4 is 0 Å². The molecule has 1 aliphatic rings. The van der Waals surface area contributed by atoms with Crippen LogP contribution in [-0.4, -0.2) is 51.6 Å². The van der Waals surface area contributed by atoms with Crippen molar-refractivity contribution >= 4 is 20.0 Å². The first-order valence-corrected chi connectivity index (χ1v) is 12.2. The topological polar surface area (TPSA) is 74.8 Å². The molecule has 0 amide bonds. The van der Waals surface area contributed by atoms with Crippen LogP contribution in [-0.2, 0) is 26.5 Å². The van der Waals surface area contributed by atoms with E-state index < -0.39 is 20.0 Å². The van der Waals surface area contributed by atoms with Gasteiger partial charge in [-0.25, -0.2) is 16.8 Å². The third kappa shape index (κ3) is 4.46. The molecule has 0 bridgehead atoms. The molecule has 3 rings (SSSR count). The van der Waals surface area contributed by atoms with Crippen molar-refractivity contribution in [2.45, 2.75) is 30.1 Å². The highest BCUT2D eigenvalue weighted by Gasteiger charge is 2.33. The summed E-state index contributed by atoms with van der Waals surface area (Å²) < 4.78 is 53.9. The highest BCUT2D eigenvalue weighted by Crippen LogP contribution is 2.22. The molecule has 2 aromatic rings. The summed E-state index contributed by atoms with van der Waals surface area (Å²) in [5.41, 5.74) is 1.10. The number of sulfonamides is 2. The van der Waals surface area contributed by atoms with Gasteiger partial charge in [0, 0.05) is 26.2 Å². The van der Waals surface area contributed by atoms with Crippen LogP contribution in [0.1, 0.15) is 19.4 Å². The van der Waals surface area contributed by atoms with E-state index in [-0.39, 0.29) is 36.0 Å². The molecule has 28 heavy (non-hydrogen) atoms. The minimum atomic E-state index is -3.63. The number of piperazine rings is 1. The first-order valence-electron chi connectivity index (χ1n) is 9.35. The first kappa shape index (κ1) is 21.0. The van der Waals surface area contributed by atoms with Crippen molar-refractivity contribution in [1.29, 1.82) is 0 Å². The lowest BCUT2D eigenvalue weighted by Gasteiger charge is -2.33. The van der Waals surface area contributed by atoms with Gasteiger partial charge in [-0.2, -0.15) is 8.61 Å². The second-order valence-electron chi connectivity index (χ2n) is 7.36. The van der Waals surface area contributed by atoms with Gasteiger partial charge in [-0.15, -0.1) is 0 Å². The second kappa shape index (κ2) is 8.32. The standard InChI is InChI=1S/C20H26N2O4S2/c1-17(2)16-18-8-10-20(11-9-18)28(25,26)22-14-12-21(13-15-22)27(23,24)19-6-4-3-5-7-19/h3-11,17H,12-16H2,1-2H3. The van der Waals surface area contributed by atoms with Gasteiger partial charge in [0.1, 0.15) is 0 Å². The van der Waals surface area contributed by atoms with E-state index in [4.69, 9.17) is 0 Å². The fourth-order valence-corrected chi connectivity index (χ4v) is 6.18. The molecular formula is C20H26N2O4S2. The first-order chi connectivity index (χ1) is 13.2. The van der Waals surface area contributed by atoms with E-state index in [1.165, 1.54) is 8.61 Å². The maximum atomic E-state index is 12.9. The highest BCUT2D eigenvalue weighted by atomic mass is 32.2. The quantitative estimate of drug-likeness (QED) is 0.717. The van der Waals surface area contributed by atoms with Gasteiger partial charge in [0.05, 0.1) is 9.79 Å². The van der Waals surface area contributed by atoms with Crippen molar-refractivity contribution in [3.05, 3.63) is 60.2 Å². The number of rotatable bonds is 6. The summed E-state index contributed by atoms with van der Waals surface area (Å²) in [4.78, 5) is 0.478. The zero-order valence-electron chi connectivity index (χ0n) is 16.2. The second-order valence-corrected chi connectivity index (χ2v) is 11.2. The summed E-state index contributed by atoms with van der Waals surface area (Å²) in [5.74, 6) is 0.502. The Kier molecular flexibility index (Phi) is 6.24. The molecule has 0 aromatic heterocycles. The maximum Gasteiger partial charge on any atom is 0.243 e. The van der Waals surface area contributed by atoms with Crippen LogP contribution >= 0.6 is 0 Å². The number of hydrogen-bond acceptors (Lipinski definition) is 4. The van der Waals surface area contributed by atoms with E-state index in [2.05, 4.69) is 13.8 Å². The lowest BCUT2D eigenvalue weighted by Crippen LogP contribution is -2.50. The summed E-state index contributed by atoms with van der Waals surface area (Å²) in [6.45, 7) is 4.80. The fraction of sp³-hybridized carbons (Fsp3) is 0.400. The molecule has 8 heteroatoms. The smallest absolute Gasteiger partial charge is 0.207 e. The molecular weight excluding hydrogens is 396 g/mol.